The molecule has 0 bridgehead atoms. The molecule has 1 aromatic carbocycles. The van der Waals surface area contributed by atoms with Crippen molar-refractivity contribution in [3.8, 4) is 6.07 Å². The fourth-order valence-electron chi connectivity index (χ4n) is 2.03. The van der Waals surface area contributed by atoms with Crippen LogP contribution in [0.25, 0.3) is 0 Å². The third-order valence-electron chi connectivity index (χ3n) is 3.04. The number of hydrogen-bond donors (Lipinski definition) is 2. The van der Waals surface area contributed by atoms with Crippen molar-refractivity contribution in [2.75, 3.05) is 17.7 Å². The van der Waals surface area contributed by atoms with Crippen LogP contribution in [0.4, 0.5) is 11.4 Å². The number of nitrogens with two attached hydrogens (primary N) is 1. The van der Waals surface area contributed by atoms with Crippen molar-refractivity contribution in [1.82, 2.24) is 0 Å². The molecule has 1 aromatic rings. The van der Waals surface area contributed by atoms with Gasteiger partial charge in [-0.25, -0.2) is 0 Å². The Bertz CT molecular complexity index is 433. The lowest BCUT2D eigenvalue weighted by Crippen LogP contribution is -2.40. The SMILES string of the molecule is CCOC1CC(Nc2cc(C#N)ccc2N)C1. The van der Waals surface area contributed by atoms with Crippen molar-refractivity contribution >= 4 is 11.4 Å². The van der Waals surface area contributed by atoms with Crippen LogP contribution in [0.2, 0.25) is 0 Å². The first kappa shape index (κ1) is 11.7. The number of anilines is 2. The fraction of sp³-hybridized carbons (Fsp3) is 0.462. The number of nitriles is 1. The molecule has 4 nitrogen and oxygen atoms in total. The quantitative estimate of drug-likeness (QED) is 0.779. The highest BCUT2D eigenvalue weighted by Crippen LogP contribution is 2.29. The summed E-state index contributed by atoms with van der Waals surface area (Å²) in [6.45, 7) is 2.78. The zero-order valence-electron chi connectivity index (χ0n) is 9.94. The van der Waals surface area contributed by atoms with Gasteiger partial charge in [-0.3, -0.25) is 0 Å². The molecule has 1 aliphatic carbocycles. The Balaban J connectivity index is 1.94. The molecule has 0 spiro atoms. The van der Waals surface area contributed by atoms with Crippen molar-refractivity contribution in [2.24, 2.45) is 0 Å². The average Bonchev–Trinajstić information content (AvgIpc) is 2.29. The first-order valence-corrected chi connectivity index (χ1v) is 5.90. The Kier molecular flexibility index (Phi) is 3.50. The van der Waals surface area contributed by atoms with E-state index in [1.54, 1.807) is 18.2 Å². The van der Waals surface area contributed by atoms with E-state index in [-0.39, 0.29) is 0 Å². The lowest BCUT2D eigenvalue weighted by Gasteiger charge is -2.36. The molecule has 1 aliphatic rings. The maximum Gasteiger partial charge on any atom is 0.0992 e. The van der Waals surface area contributed by atoms with Gasteiger partial charge in [-0.05, 0) is 38.0 Å². The summed E-state index contributed by atoms with van der Waals surface area (Å²) < 4.78 is 5.50. The Morgan fingerprint density at radius 3 is 2.94 bits per heavy atom. The third kappa shape index (κ3) is 2.69. The predicted octanol–water partition coefficient (Wildman–Crippen LogP) is 2.12. The topological polar surface area (TPSA) is 71.1 Å². The number of nitrogens with zero attached hydrogens (tertiary/aromatic N) is 1. The van der Waals surface area contributed by atoms with Gasteiger partial charge in [0.2, 0.25) is 0 Å². The van der Waals surface area contributed by atoms with Crippen LogP contribution in [0.5, 0.6) is 0 Å². The van der Waals surface area contributed by atoms with Crippen LogP contribution in [-0.4, -0.2) is 18.8 Å². The number of nitrogen functional groups attached to an aromatic ring is 1. The van der Waals surface area contributed by atoms with E-state index in [1.807, 2.05) is 6.92 Å². The second-order valence-corrected chi connectivity index (χ2v) is 4.30. The Morgan fingerprint density at radius 2 is 2.29 bits per heavy atom. The predicted molar refractivity (Wildman–Crippen MR) is 67.6 cm³/mol. The molecule has 4 heteroatoms. The van der Waals surface area contributed by atoms with Crippen molar-refractivity contribution in [1.29, 1.82) is 5.26 Å². The van der Waals surface area contributed by atoms with Crippen molar-refractivity contribution in [3.63, 3.8) is 0 Å². The highest BCUT2D eigenvalue weighted by Gasteiger charge is 2.29. The summed E-state index contributed by atoms with van der Waals surface area (Å²) >= 11 is 0. The molecule has 17 heavy (non-hydrogen) atoms. The van der Waals surface area contributed by atoms with E-state index in [9.17, 15) is 0 Å². The van der Waals surface area contributed by atoms with Gasteiger partial charge in [0.1, 0.15) is 0 Å². The minimum absolute atomic E-state index is 0.373. The molecule has 0 saturated heterocycles. The number of nitrogens with one attached hydrogen (secondary N) is 1. The molecular weight excluding hydrogens is 214 g/mol. The van der Waals surface area contributed by atoms with Gasteiger partial charge < -0.3 is 15.8 Å². The van der Waals surface area contributed by atoms with Crippen LogP contribution in [0, 0.1) is 11.3 Å². The summed E-state index contributed by atoms with van der Waals surface area (Å²) in [6.07, 6.45) is 2.38. The molecule has 0 amide bonds. The van der Waals surface area contributed by atoms with Crippen molar-refractivity contribution in [2.45, 2.75) is 31.9 Å². The van der Waals surface area contributed by atoms with Gasteiger partial charge in [-0.2, -0.15) is 5.26 Å². The smallest absolute Gasteiger partial charge is 0.0992 e. The summed E-state index contributed by atoms with van der Waals surface area (Å²) in [4.78, 5) is 0. The van der Waals surface area contributed by atoms with Crippen LogP contribution >= 0.6 is 0 Å². The molecule has 0 unspecified atom stereocenters. The van der Waals surface area contributed by atoms with Gasteiger partial charge in [0, 0.05) is 12.6 Å². The molecule has 0 aromatic heterocycles. The van der Waals surface area contributed by atoms with Crippen LogP contribution < -0.4 is 11.1 Å². The molecule has 3 N–H and O–H groups in total. The normalized spacial score (nSPS) is 22.6. The van der Waals surface area contributed by atoms with E-state index in [0.29, 0.717) is 23.4 Å². The minimum atomic E-state index is 0.373. The second-order valence-electron chi connectivity index (χ2n) is 4.30. The highest BCUT2D eigenvalue weighted by molar-refractivity contribution is 5.68. The van der Waals surface area contributed by atoms with Crippen LogP contribution in [0.15, 0.2) is 18.2 Å². The zero-order chi connectivity index (χ0) is 12.3. The lowest BCUT2D eigenvalue weighted by molar-refractivity contribution is 0.00300. The van der Waals surface area contributed by atoms with Crippen molar-refractivity contribution < 1.29 is 4.74 Å². The van der Waals surface area contributed by atoms with Gasteiger partial charge in [-0.15, -0.1) is 0 Å². The molecule has 1 fully saturated rings. The molecule has 0 aliphatic heterocycles. The molecule has 90 valence electrons. The first-order valence-electron chi connectivity index (χ1n) is 5.90. The van der Waals surface area contributed by atoms with E-state index in [2.05, 4.69) is 11.4 Å². The van der Waals surface area contributed by atoms with Gasteiger partial charge >= 0.3 is 0 Å². The summed E-state index contributed by atoms with van der Waals surface area (Å²) in [5, 5.41) is 12.2. The molecular formula is C13H17N3O. The third-order valence-corrected chi connectivity index (χ3v) is 3.04. The van der Waals surface area contributed by atoms with E-state index < -0.39 is 0 Å². The standard InChI is InChI=1S/C13H17N3O/c1-2-17-11-6-10(7-11)16-13-5-9(8-14)3-4-12(13)15/h3-5,10-11,16H,2,6-7,15H2,1H3. The largest absolute Gasteiger partial charge is 0.397 e. The molecule has 2 rings (SSSR count). The van der Waals surface area contributed by atoms with E-state index >= 15 is 0 Å². The van der Waals surface area contributed by atoms with Crippen molar-refractivity contribution in [3.05, 3.63) is 23.8 Å². The monoisotopic (exact) mass is 231 g/mol. The van der Waals surface area contributed by atoms with Gasteiger partial charge in [0.25, 0.3) is 0 Å². The van der Waals surface area contributed by atoms with Crippen LogP contribution in [-0.2, 0) is 4.74 Å². The van der Waals surface area contributed by atoms with E-state index in [0.717, 1.165) is 25.1 Å². The average molecular weight is 231 g/mol. The Morgan fingerprint density at radius 1 is 1.53 bits per heavy atom. The molecule has 1 saturated carbocycles. The first-order chi connectivity index (χ1) is 8.22. The Labute approximate surface area is 101 Å². The second kappa shape index (κ2) is 5.07. The highest BCUT2D eigenvalue weighted by atomic mass is 16.5. The zero-order valence-corrected chi connectivity index (χ0v) is 9.94. The fourth-order valence-corrected chi connectivity index (χ4v) is 2.03. The van der Waals surface area contributed by atoms with Crippen LogP contribution in [0.3, 0.4) is 0 Å². The molecule has 0 atom stereocenters. The number of hydrogen-bond acceptors (Lipinski definition) is 4. The molecule has 0 heterocycles. The summed E-state index contributed by atoms with van der Waals surface area (Å²) in [5.74, 6) is 0. The minimum Gasteiger partial charge on any atom is -0.397 e. The number of ether oxygens (including phenoxy) is 1. The summed E-state index contributed by atoms with van der Waals surface area (Å²) in [7, 11) is 0. The van der Waals surface area contributed by atoms with Gasteiger partial charge in [-0.1, -0.05) is 0 Å². The maximum absolute atomic E-state index is 8.83. The van der Waals surface area contributed by atoms with E-state index in [1.165, 1.54) is 0 Å². The lowest BCUT2D eigenvalue weighted by atomic mass is 9.89. The summed E-state index contributed by atoms with van der Waals surface area (Å²) in [5.41, 5.74) is 8.02. The Hall–Kier alpha value is -1.73. The summed E-state index contributed by atoms with van der Waals surface area (Å²) in [6, 6.07) is 7.80. The molecule has 0 radical (unpaired) electrons. The maximum atomic E-state index is 8.83. The van der Waals surface area contributed by atoms with Crippen LogP contribution in [0.1, 0.15) is 25.3 Å². The van der Waals surface area contributed by atoms with Gasteiger partial charge in [0.05, 0.1) is 29.1 Å². The number of benzene rings is 1. The number of rotatable bonds is 4. The van der Waals surface area contributed by atoms with Gasteiger partial charge in [0.15, 0.2) is 0 Å². The van der Waals surface area contributed by atoms with E-state index in [4.69, 9.17) is 15.7 Å².